The summed E-state index contributed by atoms with van der Waals surface area (Å²) in [7, 11) is 2.08. The lowest BCUT2D eigenvalue weighted by molar-refractivity contribution is 0.387. The van der Waals surface area contributed by atoms with E-state index in [0.717, 1.165) is 5.92 Å². The highest BCUT2D eigenvalue weighted by Gasteiger charge is 2.21. The normalized spacial score (nSPS) is 19.9. The number of hydrogen-bond acceptors (Lipinski definition) is 3. The van der Waals surface area contributed by atoms with Crippen LogP contribution in [0.1, 0.15) is 30.2 Å². The molecule has 1 nitrogen and oxygen atoms in total. The fourth-order valence-electron chi connectivity index (χ4n) is 2.23. The van der Waals surface area contributed by atoms with Gasteiger partial charge in [0.15, 0.2) is 0 Å². The number of thioether (sulfide) groups is 1. The highest BCUT2D eigenvalue weighted by molar-refractivity contribution is 9.10. The summed E-state index contributed by atoms with van der Waals surface area (Å²) in [4.78, 5) is 1.46. The summed E-state index contributed by atoms with van der Waals surface area (Å²) in [5, 5.41) is 5.63. The van der Waals surface area contributed by atoms with Crippen LogP contribution in [0.4, 0.5) is 0 Å². The van der Waals surface area contributed by atoms with E-state index in [1.165, 1.54) is 40.1 Å². The van der Waals surface area contributed by atoms with Crippen molar-refractivity contribution in [1.82, 2.24) is 5.32 Å². The van der Waals surface area contributed by atoms with Crippen molar-refractivity contribution < 1.29 is 0 Å². The second-order valence-electron chi connectivity index (χ2n) is 4.27. The largest absolute Gasteiger partial charge is 0.312 e. The third-order valence-electron chi connectivity index (χ3n) is 3.22. The van der Waals surface area contributed by atoms with Gasteiger partial charge in [0.1, 0.15) is 0 Å². The van der Waals surface area contributed by atoms with Crippen molar-refractivity contribution in [3.63, 3.8) is 0 Å². The Labute approximate surface area is 115 Å². The van der Waals surface area contributed by atoms with Crippen LogP contribution >= 0.6 is 39.0 Å². The molecule has 0 bridgehead atoms. The van der Waals surface area contributed by atoms with Crippen LogP contribution in [0.3, 0.4) is 0 Å². The molecule has 90 valence electrons. The first-order valence-electron chi connectivity index (χ1n) is 5.79. The average molecular weight is 320 g/mol. The molecule has 0 radical (unpaired) electrons. The predicted molar refractivity (Wildman–Crippen MR) is 78.5 cm³/mol. The minimum atomic E-state index is 0.530. The number of thiophene rings is 1. The fraction of sp³-hybridized carbons (Fsp3) is 0.667. The molecular weight excluding hydrogens is 302 g/mol. The highest BCUT2D eigenvalue weighted by Crippen LogP contribution is 2.35. The molecule has 1 aromatic rings. The zero-order valence-electron chi connectivity index (χ0n) is 9.54. The van der Waals surface area contributed by atoms with Gasteiger partial charge >= 0.3 is 0 Å². The Morgan fingerprint density at radius 3 is 2.81 bits per heavy atom. The van der Waals surface area contributed by atoms with Gasteiger partial charge in [-0.25, -0.2) is 0 Å². The topological polar surface area (TPSA) is 12.0 Å². The first-order valence-corrected chi connectivity index (χ1v) is 8.62. The maximum atomic E-state index is 3.64. The van der Waals surface area contributed by atoms with Gasteiger partial charge in [-0.2, -0.15) is 11.8 Å². The molecule has 1 atom stereocenters. The van der Waals surface area contributed by atoms with E-state index in [9.17, 15) is 0 Å². The molecule has 1 aliphatic rings. The number of rotatable bonds is 4. The fourth-order valence-corrected chi connectivity index (χ4v) is 5.20. The van der Waals surface area contributed by atoms with E-state index < -0.39 is 0 Å². The zero-order chi connectivity index (χ0) is 11.4. The Morgan fingerprint density at radius 1 is 1.50 bits per heavy atom. The SMILES string of the molecule is CNC(CC1CCSCC1)c1sccc1Br. The van der Waals surface area contributed by atoms with Crippen LogP contribution in [0.25, 0.3) is 0 Å². The molecule has 0 aliphatic carbocycles. The molecule has 1 aromatic heterocycles. The molecule has 16 heavy (non-hydrogen) atoms. The molecule has 1 N–H and O–H groups in total. The third-order valence-corrected chi connectivity index (χ3v) is 6.25. The molecule has 1 saturated heterocycles. The summed E-state index contributed by atoms with van der Waals surface area (Å²) in [6.07, 6.45) is 4.08. The van der Waals surface area contributed by atoms with Crippen molar-refractivity contribution in [3.05, 3.63) is 20.8 Å². The standard InChI is InChI=1S/C12H18BrNS2/c1-14-11(12-10(13)4-7-16-12)8-9-2-5-15-6-3-9/h4,7,9,11,14H,2-3,5-6,8H2,1H3. The van der Waals surface area contributed by atoms with Crippen molar-refractivity contribution in [2.75, 3.05) is 18.6 Å². The molecule has 2 rings (SSSR count). The van der Waals surface area contributed by atoms with Crippen molar-refractivity contribution in [2.24, 2.45) is 5.92 Å². The van der Waals surface area contributed by atoms with Crippen molar-refractivity contribution >= 4 is 39.0 Å². The first-order chi connectivity index (χ1) is 7.81. The first kappa shape index (κ1) is 12.9. The van der Waals surface area contributed by atoms with Gasteiger partial charge in [0.05, 0.1) is 0 Å². The van der Waals surface area contributed by atoms with Crippen molar-refractivity contribution in [1.29, 1.82) is 0 Å². The Hall–Kier alpha value is 0.490. The lowest BCUT2D eigenvalue weighted by Gasteiger charge is -2.25. The lowest BCUT2D eigenvalue weighted by Crippen LogP contribution is -2.21. The minimum Gasteiger partial charge on any atom is -0.312 e. The Bertz CT molecular complexity index is 321. The predicted octanol–water partition coefficient (Wildman–Crippen LogP) is 4.30. The van der Waals surface area contributed by atoms with E-state index in [1.807, 2.05) is 11.3 Å². The molecule has 4 heteroatoms. The lowest BCUT2D eigenvalue weighted by atomic mass is 9.93. The number of halogens is 1. The van der Waals surface area contributed by atoms with E-state index in [2.05, 4.69) is 51.5 Å². The van der Waals surface area contributed by atoms with E-state index in [4.69, 9.17) is 0 Å². The van der Waals surface area contributed by atoms with Gasteiger partial charge in [0.25, 0.3) is 0 Å². The molecule has 1 unspecified atom stereocenters. The molecule has 2 heterocycles. The molecule has 1 aliphatic heterocycles. The van der Waals surface area contributed by atoms with Crippen LogP contribution in [0.15, 0.2) is 15.9 Å². The smallest absolute Gasteiger partial charge is 0.0426 e. The monoisotopic (exact) mass is 319 g/mol. The second kappa shape index (κ2) is 6.43. The molecule has 0 amide bonds. The van der Waals surface area contributed by atoms with Gasteiger partial charge in [0.2, 0.25) is 0 Å². The quantitative estimate of drug-likeness (QED) is 0.887. The Morgan fingerprint density at radius 2 is 2.25 bits per heavy atom. The van der Waals surface area contributed by atoms with E-state index in [-0.39, 0.29) is 0 Å². The van der Waals surface area contributed by atoms with Crippen LogP contribution in [0.2, 0.25) is 0 Å². The molecule has 0 saturated carbocycles. The molecule has 0 spiro atoms. The van der Waals surface area contributed by atoms with Crippen LogP contribution in [-0.4, -0.2) is 18.6 Å². The summed E-state index contributed by atoms with van der Waals surface area (Å²) in [5.41, 5.74) is 0. The van der Waals surface area contributed by atoms with Gasteiger partial charge in [-0.15, -0.1) is 11.3 Å². The van der Waals surface area contributed by atoms with Crippen LogP contribution in [0.5, 0.6) is 0 Å². The van der Waals surface area contributed by atoms with Gasteiger partial charge in [-0.1, -0.05) is 0 Å². The number of hydrogen-bond donors (Lipinski definition) is 1. The van der Waals surface area contributed by atoms with E-state index >= 15 is 0 Å². The number of nitrogens with one attached hydrogen (secondary N) is 1. The summed E-state index contributed by atoms with van der Waals surface area (Å²) in [6.45, 7) is 0. The maximum absolute atomic E-state index is 3.64. The van der Waals surface area contributed by atoms with Crippen LogP contribution in [0, 0.1) is 5.92 Å². The molecule has 1 fully saturated rings. The van der Waals surface area contributed by atoms with Gasteiger partial charge in [0, 0.05) is 15.4 Å². The van der Waals surface area contributed by atoms with Crippen LogP contribution in [-0.2, 0) is 0 Å². The minimum absolute atomic E-state index is 0.530. The van der Waals surface area contributed by atoms with Crippen molar-refractivity contribution in [3.8, 4) is 0 Å². The maximum Gasteiger partial charge on any atom is 0.0426 e. The van der Waals surface area contributed by atoms with Gasteiger partial charge < -0.3 is 5.32 Å². The highest BCUT2D eigenvalue weighted by atomic mass is 79.9. The Balaban J connectivity index is 1.97. The molecular formula is C12H18BrNS2. The third kappa shape index (κ3) is 3.25. The Kier molecular flexibility index (Phi) is 5.20. The zero-order valence-corrected chi connectivity index (χ0v) is 12.8. The summed E-state index contributed by atoms with van der Waals surface area (Å²) in [5.74, 6) is 3.62. The van der Waals surface area contributed by atoms with Crippen LogP contribution < -0.4 is 5.32 Å². The van der Waals surface area contributed by atoms with E-state index in [0.29, 0.717) is 6.04 Å². The van der Waals surface area contributed by atoms with Gasteiger partial charge in [-0.05, 0) is 71.1 Å². The van der Waals surface area contributed by atoms with E-state index in [1.54, 1.807) is 0 Å². The average Bonchev–Trinajstić information content (AvgIpc) is 2.74. The summed E-state index contributed by atoms with van der Waals surface area (Å²) < 4.78 is 1.27. The second-order valence-corrected chi connectivity index (χ2v) is 7.29. The van der Waals surface area contributed by atoms with Crippen molar-refractivity contribution in [2.45, 2.75) is 25.3 Å². The molecule has 0 aromatic carbocycles. The van der Waals surface area contributed by atoms with Gasteiger partial charge in [-0.3, -0.25) is 0 Å². The summed E-state index contributed by atoms with van der Waals surface area (Å²) in [6, 6.07) is 2.68. The summed E-state index contributed by atoms with van der Waals surface area (Å²) >= 11 is 7.60.